The van der Waals surface area contributed by atoms with Crippen LogP contribution in [0.3, 0.4) is 0 Å². The van der Waals surface area contributed by atoms with E-state index in [9.17, 15) is 14.4 Å². The number of carboxylic acid groups (broad SMARTS) is 1. The Hall–Kier alpha value is -4.59. The minimum absolute atomic E-state index is 0.0459. The first-order valence-electron chi connectivity index (χ1n) is 13.2. The standard InChI is InChI=1S/C31H32N4O4/c32-31(39)22-9-11-24(27(18-22)35-14-4-5-15-35)30(21-6-2-1-3-7-21)34-28(36)17-20-8-12-26-25(16-20)23(19-33-26)10-13-29(37)38/h1-3,6-9,11-12,16,18-19,30,33H,4-5,10,13-15,17H2,(H2,32,39)(H,34,36)(H,37,38). The van der Waals surface area contributed by atoms with Crippen LogP contribution in [0.5, 0.6) is 0 Å². The highest BCUT2D eigenvalue weighted by Crippen LogP contribution is 2.34. The van der Waals surface area contributed by atoms with Crippen LogP contribution in [0, 0.1) is 0 Å². The highest BCUT2D eigenvalue weighted by molar-refractivity contribution is 5.94. The number of carbonyl (C=O) groups excluding carboxylic acids is 2. The summed E-state index contributed by atoms with van der Waals surface area (Å²) >= 11 is 0. The van der Waals surface area contributed by atoms with Crippen molar-refractivity contribution in [1.82, 2.24) is 10.3 Å². The summed E-state index contributed by atoms with van der Waals surface area (Å²) in [7, 11) is 0. The van der Waals surface area contributed by atoms with Crippen LogP contribution in [0.4, 0.5) is 5.69 Å². The molecule has 1 aliphatic rings. The van der Waals surface area contributed by atoms with Gasteiger partial charge in [0.15, 0.2) is 0 Å². The summed E-state index contributed by atoms with van der Waals surface area (Å²) < 4.78 is 0. The lowest BCUT2D eigenvalue weighted by atomic mass is 9.94. The van der Waals surface area contributed by atoms with E-state index in [1.165, 1.54) is 0 Å². The number of aryl methyl sites for hydroxylation is 1. The molecule has 5 rings (SSSR count). The van der Waals surface area contributed by atoms with Crippen LogP contribution in [0.15, 0.2) is 72.9 Å². The Kier molecular flexibility index (Phi) is 7.63. The molecule has 2 heterocycles. The Balaban J connectivity index is 1.44. The first kappa shape index (κ1) is 26.0. The molecule has 0 radical (unpaired) electrons. The van der Waals surface area contributed by atoms with Gasteiger partial charge < -0.3 is 26.0 Å². The monoisotopic (exact) mass is 524 g/mol. The maximum Gasteiger partial charge on any atom is 0.303 e. The Labute approximate surface area is 226 Å². The maximum atomic E-state index is 13.5. The summed E-state index contributed by atoms with van der Waals surface area (Å²) in [5.74, 6) is -1.47. The van der Waals surface area contributed by atoms with E-state index in [2.05, 4.69) is 15.2 Å². The van der Waals surface area contributed by atoms with Crippen molar-refractivity contribution in [2.45, 2.75) is 38.1 Å². The number of hydrogen-bond acceptors (Lipinski definition) is 4. The molecular formula is C31H32N4O4. The molecule has 2 amide bonds. The number of carboxylic acids is 1. The average molecular weight is 525 g/mol. The van der Waals surface area contributed by atoms with Gasteiger partial charge in [-0.25, -0.2) is 0 Å². The topological polar surface area (TPSA) is 129 Å². The quantitative estimate of drug-likeness (QED) is 0.245. The van der Waals surface area contributed by atoms with E-state index < -0.39 is 17.9 Å². The Morgan fingerprint density at radius 1 is 1.00 bits per heavy atom. The molecule has 1 aliphatic heterocycles. The number of nitrogens with one attached hydrogen (secondary N) is 2. The zero-order chi connectivity index (χ0) is 27.4. The number of nitrogens with zero attached hydrogens (tertiary/aromatic N) is 1. The number of nitrogens with two attached hydrogens (primary N) is 1. The predicted octanol–water partition coefficient (Wildman–Crippen LogP) is 4.33. The predicted molar refractivity (Wildman–Crippen MR) is 151 cm³/mol. The van der Waals surface area contributed by atoms with Crippen LogP contribution < -0.4 is 16.0 Å². The van der Waals surface area contributed by atoms with Crippen molar-refractivity contribution in [3.05, 3.63) is 101 Å². The summed E-state index contributed by atoms with van der Waals surface area (Å²) in [6, 6.07) is 20.6. The van der Waals surface area contributed by atoms with Crippen LogP contribution in [0.2, 0.25) is 0 Å². The third-order valence-corrected chi connectivity index (χ3v) is 7.32. The van der Waals surface area contributed by atoms with Gasteiger partial charge in [-0.2, -0.15) is 0 Å². The minimum Gasteiger partial charge on any atom is -0.481 e. The van der Waals surface area contributed by atoms with Crippen LogP contribution >= 0.6 is 0 Å². The van der Waals surface area contributed by atoms with Gasteiger partial charge in [0.05, 0.1) is 12.5 Å². The molecule has 8 nitrogen and oxygen atoms in total. The molecule has 39 heavy (non-hydrogen) atoms. The van der Waals surface area contributed by atoms with Gasteiger partial charge in [0.1, 0.15) is 0 Å². The normalized spacial score (nSPS) is 13.9. The molecule has 0 spiro atoms. The van der Waals surface area contributed by atoms with Crippen molar-refractivity contribution in [2.24, 2.45) is 5.73 Å². The molecule has 0 bridgehead atoms. The van der Waals surface area contributed by atoms with Gasteiger partial charge in [-0.05, 0) is 60.2 Å². The van der Waals surface area contributed by atoms with Crippen LogP contribution in [-0.4, -0.2) is 41.0 Å². The lowest BCUT2D eigenvalue weighted by Gasteiger charge is -2.28. The smallest absolute Gasteiger partial charge is 0.303 e. The average Bonchev–Trinajstić information content (AvgIpc) is 3.61. The molecule has 1 atom stereocenters. The molecule has 8 heteroatoms. The fraction of sp³-hybridized carbons (Fsp3) is 0.258. The number of fused-ring (bicyclic) bond motifs is 1. The summed E-state index contributed by atoms with van der Waals surface area (Å²) in [4.78, 5) is 41.9. The Morgan fingerprint density at radius 3 is 2.49 bits per heavy atom. The van der Waals surface area contributed by atoms with E-state index in [0.29, 0.717) is 12.0 Å². The van der Waals surface area contributed by atoms with E-state index in [4.69, 9.17) is 10.8 Å². The van der Waals surface area contributed by atoms with Crippen molar-refractivity contribution in [3.8, 4) is 0 Å². The molecule has 0 aliphatic carbocycles. The number of aromatic amines is 1. The molecule has 1 saturated heterocycles. The molecule has 4 aromatic rings. The number of H-pyrrole nitrogens is 1. The number of hydrogen-bond donors (Lipinski definition) is 4. The molecule has 5 N–H and O–H groups in total. The van der Waals surface area contributed by atoms with Gasteiger partial charge in [0.2, 0.25) is 11.8 Å². The number of aliphatic carboxylic acids is 1. The van der Waals surface area contributed by atoms with Crippen molar-refractivity contribution in [1.29, 1.82) is 0 Å². The highest BCUT2D eigenvalue weighted by Gasteiger charge is 2.25. The van der Waals surface area contributed by atoms with Gasteiger partial charge in [0, 0.05) is 53.4 Å². The molecule has 200 valence electrons. The molecule has 0 saturated carbocycles. The van der Waals surface area contributed by atoms with Crippen molar-refractivity contribution in [2.75, 3.05) is 18.0 Å². The van der Waals surface area contributed by atoms with Gasteiger partial charge in [-0.15, -0.1) is 0 Å². The zero-order valence-corrected chi connectivity index (χ0v) is 21.7. The number of amides is 2. The summed E-state index contributed by atoms with van der Waals surface area (Å²) in [6.07, 6.45) is 4.60. The van der Waals surface area contributed by atoms with E-state index >= 15 is 0 Å². The Morgan fingerprint density at radius 2 is 1.77 bits per heavy atom. The number of anilines is 1. The lowest BCUT2D eigenvalue weighted by molar-refractivity contribution is -0.137. The van der Waals surface area contributed by atoms with Crippen molar-refractivity contribution in [3.63, 3.8) is 0 Å². The molecule has 1 fully saturated rings. The van der Waals surface area contributed by atoms with E-state index in [1.54, 1.807) is 6.07 Å². The largest absolute Gasteiger partial charge is 0.481 e. The lowest BCUT2D eigenvalue weighted by Crippen LogP contribution is -2.32. The fourth-order valence-corrected chi connectivity index (χ4v) is 5.34. The van der Waals surface area contributed by atoms with Crippen LogP contribution in [0.25, 0.3) is 10.9 Å². The number of rotatable bonds is 10. The second-order valence-corrected chi connectivity index (χ2v) is 10.0. The van der Waals surface area contributed by atoms with Gasteiger partial charge in [0.25, 0.3) is 0 Å². The van der Waals surface area contributed by atoms with Gasteiger partial charge >= 0.3 is 5.97 Å². The number of aromatic nitrogens is 1. The van der Waals surface area contributed by atoms with Gasteiger partial charge in [-0.3, -0.25) is 14.4 Å². The van der Waals surface area contributed by atoms with Crippen molar-refractivity contribution >= 4 is 34.4 Å². The van der Waals surface area contributed by atoms with Crippen LogP contribution in [0.1, 0.15) is 57.9 Å². The van der Waals surface area contributed by atoms with E-state index in [0.717, 1.165) is 64.8 Å². The molecule has 1 unspecified atom stereocenters. The van der Waals surface area contributed by atoms with Crippen molar-refractivity contribution < 1.29 is 19.5 Å². The van der Waals surface area contributed by atoms with Gasteiger partial charge in [-0.1, -0.05) is 42.5 Å². The summed E-state index contributed by atoms with van der Waals surface area (Å²) in [5, 5.41) is 13.2. The third-order valence-electron chi connectivity index (χ3n) is 7.32. The highest BCUT2D eigenvalue weighted by atomic mass is 16.4. The first-order chi connectivity index (χ1) is 18.9. The van der Waals surface area contributed by atoms with E-state index in [1.807, 2.05) is 66.9 Å². The van der Waals surface area contributed by atoms with Crippen LogP contribution in [-0.2, 0) is 22.4 Å². The number of primary amides is 1. The second-order valence-electron chi connectivity index (χ2n) is 10.0. The minimum atomic E-state index is -0.844. The summed E-state index contributed by atoms with van der Waals surface area (Å²) in [5.41, 5.74) is 11.5. The first-order valence-corrected chi connectivity index (χ1v) is 13.2. The second kappa shape index (κ2) is 11.4. The molecule has 1 aromatic heterocycles. The SMILES string of the molecule is NC(=O)c1ccc(C(NC(=O)Cc2ccc3[nH]cc(CCC(=O)O)c3c2)c2ccccc2)c(N2CCCC2)c1. The third kappa shape index (κ3) is 5.95. The fourth-order valence-electron chi connectivity index (χ4n) is 5.34. The molecule has 3 aromatic carbocycles. The number of benzene rings is 3. The molecular weight excluding hydrogens is 492 g/mol. The van der Waals surface area contributed by atoms with E-state index in [-0.39, 0.29) is 18.7 Å². The zero-order valence-electron chi connectivity index (χ0n) is 21.7. The number of carbonyl (C=O) groups is 3. The maximum absolute atomic E-state index is 13.5. The Bertz CT molecular complexity index is 1510. The summed E-state index contributed by atoms with van der Waals surface area (Å²) in [6.45, 7) is 1.76.